The van der Waals surface area contributed by atoms with Gasteiger partial charge in [-0.25, -0.2) is 4.79 Å². The van der Waals surface area contributed by atoms with Gasteiger partial charge >= 0.3 is 5.97 Å². The average Bonchev–Trinajstić information content (AvgIpc) is 2.64. The zero-order valence-corrected chi connectivity index (χ0v) is 10.4. The number of carboxylic acid groups (broad SMARTS) is 1. The second kappa shape index (κ2) is 6.80. The summed E-state index contributed by atoms with van der Waals surface area (Å²) < 4.78 is 5.18. The van der Waals surface area contributed by atoms with Crippen LogP contribution in [0.1, 0.15) is 41.1 Å². The highest BCUT2D eigenvalue weighted by Crippen LogP contribution is 2.14. The van der Waals surface area contributed by atoms with Crippen molar-refractivity contribution < 1.29 is 19.1 Å². The minimum Gasteiger partial charge on any atom is -0.475 e. The molecular formula is C12H18N2O4. The zero-order chi connectivity index (χ0) is 13.5. The summed E-state index contributed by atoms with van der Waals surface area (Å²) in [6.45, 7) is 2.91. The molecule has 1 aromatic heterocycles. The lowest BCUT2D eigenvalue weighted by atomic mass is 10.2. The molecule has 0 radical (unpaired) electrons. The smallest absolute Gasteiger partial charge is 0.372 e. The Labute approximate surface area is 105 Å². The summed E-state index contributed by atoms with van der Waals surface area (Å²) in [7, 11) is 0. The van der Waals surface area contributed by atoms with Crippen molar-refractivity contribution >= 4 is 11.9 Å². The second-order valence-corrected chi connectivity index (χ2v) is 4.13. The highest BCUT2D eigenvalue weighted by atomic mass is 16.4. The van der Waals surface area contributed by atoms with Crippen LogP contribution in [0.25, 0.3) is 0 Å². The van der Waals surface area contributed by atoms with Gasteiger partial charge in [0.1, 0.15) is 5.76 Å². The molecule has 0 bridgehead atoms. The molecule has 0 aliphatic rings. The van der Waals surface area contributed by atoms with E-state index in [1.54, 1.807) is 13.0 Å². The van der Waals surface area contributed by atoms with Gasteiger partial charge in [0, 0.05) is 12.0 Å². The van der Waals surface area contributed by atoms with E-state index in [0.29, 0.717) is 24.3 Å². The van der Waals surface area contributed by atoms with Crippen LogP contribution in [-0.4, -0.2) is 23.5 Å². The Bertz CT molecular complexity index is 426. The van der Waals surface area contributed by atoms with Gasteiger partial charge in [-0.15, -0.1) is 0 Å². The fraction of sp³-hybridized carbons (Fsp3) is 0.500. The van der Waals surface area contributed by atoms with Crippen LogP contribution >= 0.6 is 0 Å². The molecule has 1 rings (SSSR count). The molecule has 1 heterocycles. The van der Waals surface area contributed by atoms with Gasteiger partial charge < -0.3 is 20.6 Å². The van der Waals surface area contributed by atoms with Crippen LogP contribution in [0.2, 0.25) is 0 Å². The Hall–Kier alpha value is -1.82. The quantitative estimate of drug-likeness (QED) is 0.601. The summed E-state index contributed by atoms with van der Waals surface area (Å²) in [4.78, 5) is 21.2. The number of aromatic carboxylic acids is 1. The zero-order valence-electron chi connectivity index (χ0n) is 10.4. The first-order valence-electron chi connectivity index (χ1n) is 5.82. The van der Waals surface area contributed by atoms with Gasteiger partial charge in [0.05, 0.1) is 6.54 Å². The molecule has 0 spiro atoms. The number of nitrogens with two attached hydrogens (primary N) is 1. The maximum atomic E-state index is 10.8. The number of furan rings is 1. The lowest BCUT2D eigenvalue weighted by Crippen LogP contribution is -2.15. The van der Waals surface area contributed by atoms with Crippen LogP contribution < -0.4 is 11.1 Å². The third-order valence-corrected chi connectivity index (χ3v) is 2.49. The van der Waals surface area contributed by atoms with Crippen LogP contribution in [0.3, 0.4) is 0 Å². The summed E-state index contributed by atoms with van der Waals surface area (Å²) in [6.07, 6.45) is 1.99. The number of rotatable bonds is 8. The van der Waals surface area contributed by atoms with E-state index in [0.717, 1.165) is 19.4 Å². The van der Waals surface area contributed by atoms with Crippen molar-refractivity contribution in [2.75, 3.05) is 6.54 Å². The third-order valence-electron chi connectivity index (χ3n) is 2.49. The number of unbranched alkanes of at least 4 members (excludes halogenated alkanes) is 1. The van der Waals surface area contributed by atoms with Crippen LogP contribution in [0.5, 0.6) is 0 Å². The summed E-state index contributed by atoms with van der Waals surface area (Å²) in [5, 5.41) is 11.9. The Morgan fingerprint density at radius 3 is 2.72 bits per heavy atom. The van der Waals surface area contributed by atoms with Crippen molar-refractivity contribution in [2.24, 2.45) is 5.73 Å². The number of aryl methyl sites for hydroxylation is 1. The number of carbonyl (C=O) groups excluding carboxylic acids is 1. The number of hydrogen-bond acceptors (Lipinski definition) is 4. The van der Waals surface area contributed by atoms with Crippen molar-refractivity contribution in [1.29, 1.82) is 0 Å². The van der Waals surface area contributed by atoms with Gasteiger partial charge in [-0.1, -0.05) is 0 Å². The molecule has 0 aliphatic heterocycles. The van der Waals surface area contributed by atoms with Gasteiger partial charge in [0.25, 0.3) is 0 Å². The standard InChI is InChI=1S/C12H18N2O4/c1-8-6-9(18-11(8)12(16)17)7-14-5-3-2-4-10(13)15/h6,14H,2-5,7H2,1H3,(H2,13,15)(H,16,17). The Balaban J connectivity index is 2.25. The molecule has 0 saturated heterocycles. The predicted octanol–water partition coefficient (Wildman–Crippen LogP) is 1.03. The second-order valence-electron chi connectivity index (χ2n) is 4.13. The van der Waals surface area contributed by atoms with E-state index in [4.69, 9.17) is 15.3 Å². The molecule has 1 amide bonds. The van der Waals surface area contributed by atoms with E-state index in [-0.39, 0.29) is 11.7 Å². The molecule has 0 unspecified atom stereocenters. The number of carboxylic acids is 1. The van der Waals surface area contributed by atoms with Crippen LogP contribution in [0.15, 0.2) is 10.5 Å². The van der Waals surface area contributed by atoms with E-state index in [1.165, 1.54) is 0 Å². The van der Waals surface area contributed by atoms with Crippen LogP contribution in [0, 0.1) is 6.92 Å². The van der Waals surface area contributed by atoms with E-state index >= 15 is 0 Å². The minimum absolute atomic E-state index is 0.0134. The Kier molecular flexibility index (Phi) is 5.38. The van der Waals surface area contributed by atoms with Gasteiger partial charge in [-0.3, -0.25) is 4.79 Å². The Morgan fingerprint density at radius 2 is 2.17 bits per heavy atom. The first-order valence-corrected chi connectivity index (χ1v) is 5.82. The molecule has 0 aliphatic carbocycles. The third kappa shape index (κ3) is 4.58. The summed E-state index contributed by atoms with van der Waals surface area (Å²) in [5.74, 6) is -0.761. The average molecular weight is 254 g/mol. The molecule has 100 valence electrons. The van der Waals surface area contributed by atoms with E-state index < -0.39 is 5.97 Å². The van der Waals surface area contributed by atoms with Gasteiger partial charge in [-0.05, 0) is 32.4 Å². The number of amides is 1. The minimum atomic E-state index is -1.06. The molecule has 0 saturated carbocycles. The fourth-order valence-corrected chi connectivity index (χ4v) is 1.61. The molecule has 0 fully saturated rings. The predicted molar refractivity (Wildman–Crippen MR) is 65.2 cm³/mol. The number of primary amides is 1. The van der Waals surface area contributed by atoms with Crippen molar-refractivity contribution in [3.05, 3.63) is 23.2 Å². The lowest BCUT2D eigenvalue weighted by molar-refractivity contribution is -0.118. The fourth-order valence-electron chi connectivity index (χ4n) is 1.61. The lowest BCUT2D eigenvalue weighted by Gasteiger charge is -2.01. The van der Waals surface area contributed by atoms with E-state index in [2.05, 4.69) is 5.32 Å². The monoisotopic (exact) mass is 254 g/mol. The maximum Gasteiger partial charge on any atom is 0.372 e. The SMILES string of the molecule is Cc1cc(CNCCCCC(N)=O)oc1C(=O)O. The first kappa shape index (κ1) is 14.2. The molecule has 6 nitrogen and oxygen atoms in total. The van der Waals surface area contributed by atoms with Crippen molar-refractivity contribution in [3.8, 4) is 0 Å². The molecule has 0 aromatic carbocycles. The van der Waals surface area contributed by atoms with Crippen molar-refractivity contribution in [3.63, 3.8) is 0 Å². The molecule has 18 heavy (non-hydrogen) atoms. The highest BCUT2D eigenvalue weighted by Gasteiger charge is 2.13. The number of carbonyl (C=O) groups is 2. The summed E-state index contributed by atoms with van der Waals surface area (Å²) >= 11 is 0. The molecule has 1 aromatic rings. The van der Waals surface area contributed by atoms with Gasteiger partial charge in [0.15, 0.2) is 0 Å². The molecule has 4 N–H and O–H groups in total. The van der Waals surface area contributed by atoms with E-state index in [9.17, 15) is 9.59 Å². The largest absolute Gasteiger partial charge is 0.475 e. The number of nitrogens with one attached hydrogen (secondary N) is 1. The topological polar surface area (TPSA) is 106 Å². The van der Waals surface area contributed by atoms with Crippen molar-refractivity contribution in [2.45, 2.75) is 32.7 Å². The first-order chi connectivity index (χ1) is 8.50. The van der Waals surface area contributed by atoms with Crippen LogP contribution in [-0.2, 0) is 11.3 Å². The normalized spacial score (nSPS) is 10.5. The summed E-state index contributed by atoms with van der Waals surface area (Å²) in [6, 6.07) is 1.71. The van der Waals surface area contributed by atoms with Gasteiger partial charge in [0.2, 0.25) is 11.7 Å². The van der Waals surface area contributed by atoms with Gasteiger partial charge in [-0.2, -0.15) is 0 Å². The summed E-state index contributed by atoms with van der Waals surface area (Å²) in [5.41, 5.74) is 5.63. The van der Waals surface area contributed by atoms with E-state index in [1.807, 2.05) is 0 Å². The Morgan fingerprint density at radius 1 is 1.44 bits per heavy atom. The highest BCUT2D eigenvalue weighted by molar-refractivity contribution is 5.86. The molecule has 0 atom stereocenters. The van der Waals surface area contributed by atoms with Crippen LogP contribution in [0.4, 0.5) is 0 Å². The molecular weight excluding hydrogens is 236 g/mol. The molecule has 6 heteroatoms. The maximum absolute atomic E-state index is 10.8. The van der Waals surface area contributed by atoms with Crippen molar-refractivity contribution in [1.82, 2.24) is 5.32 Å². The number of hydrogen-bond donors (Lipinski definition) is 3.